The molecule has 0 unspecified atom stereocenters. The minimum Gasteiger partial charge on any atom is -0.496 e. The number of ether oxygens (including phenoxy) is 2. The maximum absolute atomic E-state index is 12.9. The lowest BCUT2D eigenvalue weighted by Gasteiger charge is -2.12. The van der Waals surface area contributed by atoms with E-state index < -0.39 is 6.67 Å². The van der Waals surface area contributed by atoms with Crippen molar-refractivity contribution in [3.8, 4) is 22.6 Å². The molecule has 96 valence electrons. The van der Waals surface area contributed by atoms with Gasteiger partial charge in [0.25, 0.3) is 0 Å². The molecule has 5 nitrogen and oxygen atoms in total. The van der Waals surface area contributed by atoms with E-state index in [1.165, 1.54) is 20.4 Å². The molecule has 0 saturated carbocycles. The number of hydrogen-bond acceptors (Lipinski definition) is 5. The van der Waals surface area contributed by atoms with E-state index in [2.05, 4.69) is 5.16 Å². The van der Waals surface area contributed by atoms with Crippen molar-refractivity contribution >= 4 is 5.88 Å². The summed E-state index contributed by atoms with van der Waals surface area (Å²) >= 11 is 0. The molecule has 0 radical (unpaired) electrons. The average molecular weight is 252 g/mol. The number of rotatable bonds is 4. The fourth-order valence-corrected chi connectivity index (χ4v) is 1.73. The summed E-state index contributed by atoms with van der Waals surface area (Å²) in [7, 11) is 2.98. The van der Waals surface area contributed by atoms with Gasteiger partial charge in [0.1, 0.15) is 18.2 Å². The third kappa shape index (κ3) is 1.97. The second-order valence-corrected chi connectivity index (χ2v) is 3.60. The molecule has 0 fully saturated rings. The number of hydrogen-bond donors (Lipinski definition) is 1. The Kier molecular flexibility index (Phi) is 3.36. The van der Waals surface area contributed by atoms with Crippen LogP contribution in [0.15, 0.2) is 22.9 Å². The lowest BCUT2D eigenvalue weighted by molar-refractivity contribution is 0.382. The van der Waals surface area contributed by atoms with Crippen LogP contribution in [0.3, 0.4) is 0 Å². The molecule has 0 amide bonds. The monoisotopic (exact) mass is 252 g/mol. The third-order valence-electron chi connectivity index (χ3n) is 2.63. The quantitative estimate of drug-likeness (QED) is 0.904. The van der Waals surface area contributed by atoms with Crippen molar-refractivity contribution in [2.75, 3.05) is 20.0 Å². The Morgan fingerprint density at radius 1 is 1.22 bits per heavy atom. The number of nitrogens with zero attached hydrogens (tertiary/aromatic N) is 1. The Morgan fingerprint density at radius 3 is 2.44 bits per heavy atom. The first-order chi connectivity index (χ1) is 8.71. The van der Waals surface area contributed by atoms with E-state index in [-0.39, 0.29) is 5.88 Å². The van der Waals surface area contributed by atoms with Gasteiger partial charge in [-0.2, -0.15) is 0 Å². The lowest BCUT2D eigenvalue weighted by atomic mass is 10.0. The second-order valence-electron chi connectivity index (χ2n) is 3.60. The molecule has 0 bridgehead atoms. The molecule has 0 aliphatic rings. The van der Waals surface area contributed by atoms with Crippen molar-refractivity contribution in [1.29, 1.82) is 0 Å². The Balaban J connectivity index is 2.62. The first-order valence-electron chi connectivity index (χ1n) is 5.22. The fraction of sp³-hybridized carbons (Fsp3) is 0.250. The molecule has 1 heterocycles. The number of benzene rings is 1. The largest absolute Gasteiger partial charge is 0.496 e. The Labute approximate surface area is 103 Å². The second kappa shape index (κ2) is 4.95. The number of anilines is 1. The van der Waals surface area contributed by atoms with Gasteiger partial charge >= 0.3 is 0 Å². The Morgan fingerprint density at radius 2 is 1.94 bits per heavy atom. The zero-order valence-corrected chi connectivity index (χ0v) is 10.1. The summed E-state index contributed by atoms with van der Waals surface area (Å²) in [6.45, 7) is -0.647. The SMILES string of the molecule is COc1cc(OC)c(-c2cnoc2N)cc1CF. The van der Waals surface area contributed by atoms with Gasteiger partial charge in [-0.05, 0) is 6.07 Å². The molecule has 0 spiro atoms. The smallest absolute Gasteiger partial charge is 0.230 e. The number of halogens is 1. The number of aromatic nitrogens is 1. The summed E-state index contributed by atoms with van der Waals surface area (Å²) in [5, 5.41) is 3.59. The van der Waals surface area contributed by atoms with Crippen LogP contribution in [0.5, 0.6) is 11.5 Å². The number of methoxy groups -OCH3 is 2. The molecular weight excluding hydrogens is 239 g/mol. The minimum absolute atomic E-state index is 0.156. The van der Waals surface area contributed by atoms with Crippen LogP contribution in [0.2, 0.25) is 0 Å². The van der Waals surface area contributed by atoms with Gasteiger partial charge in [-0.1, -0.05) is 5.16 Å². The number of nitrogens with two attached hydrogens (primary N) is 1. The van der Waals surface area contributed by atoms with E-state index in [9.17, 15) is 4.39 Å². The van der Waals surface area contributed by atoms with Crippen molar-refractivity contribution in [3.05, 3.63) is 23.9 Å². The Hall–Kier alpha value is -2.24. The van der Waals surface area contributed by atoms with Gasteiger partial charge in [0, 0.05) is 17.2 Å². The van der Waals surface area contributed by atoms with E-state index >= 15 is 0 Å². The first-order valence-corrected chi connectivity index (χ1v) is 5.22. The van der Waals surface area contributed by atoms with Crippen molar-refractivity contribution in [2.24, 2.45) is 0 Å². The molecule has 0 aliphatic heterocycles. The van der Waals surface area contributed by atoms with E-state index in [1.807, 2.05) is 0 Å². The van der Waals surface area contributed by atoms with Crippen molar-refractivity contribution in [1.82, 2.24) is 5.16 Å². The third-order valence-corrected chi connectivity index (χ3v) is 2.63. The van der Waals surface area contributed by atoms with Crippen LogP contribution in [0, 0.1) is 0 Å². The maximum atomic E-state index is 12.9. The molecule has 1 aromatic carbocycles. The summed E-state index contributed by atoms with van der Waals surface area (Å²) in [4.78, 5) is 0. The number of alkyl halides is 1. The molecule has 0 aliphatic carbocycles. The predicted molar refractivity (Wildman–Crippen MR) is 64.3 cm³/mol. The van der Waals surface area contributed by atoms with Crippen LogP contribution >= 0.6 is 0 Å². The van der Waals surface area contributed by atoms with Crippen LogP contribution in [-0.4, -0.2) is 19.4 Å². The molecule has 18 heavy (non-hydrogen) atoms. The fourth-order valence-electron chi connectivity index (χ4n) is 1.73. The van der Waals surface area contributed by atoms with E-state index in [0.717, 1.165) is 0 Å². The Bertz CT molecular complexity index is 554. The normalized spacial score (nSPS) is 10.4. The minimum atomic E-state index is -0.647. The van der Waals surface area contributed by atoms with E-state index in [1.54, 1.807) is 12.1 Å². The topological polar surface area (TPSA) is 70.5 Å². The first kappa shape index (κ1) is 12.2. The summed E-state index contributed by atoms with van der Waals surface area (Å²) in [6.07, 6.45) is 1.46. The predicted octanol–water partition coefficient (Wildman–Crippen LogP) is 2.41. The zero-order chi connectivity index (χ0) is 13.1. The van der Waals surface area contributed by atoms with E-state index in [4.69, 9.17) is 19.7 Å². The van der Waals surface area contributed by atoms with Gasteiger partial charge in [-0.15, -0.1) is 0 Å². The van der Waals surface area contributed by atoms with Gasteiger partial charge in [-0.25, -0.2) is 4.39 Å². The molecule has 1 aromatic heterocycles. The summed E-state index contributed by atoms with van der Waals surface area (Å²) in [5.41, 5.74) is 7.23. The molecule has 2 rings (SSSR count). The summed E-state index contributed by atoms with van der Waals surface area (Å²) in [6, 6.07) is 3.22. The highest BCUT2D eigenvalue weighted by atomic mass is 19.1. The zero-order valence-electron chi connectivity index (χ0n) is 10.1. The van der Waals surface area contributed by atoms with Crippen molar-refractivity contribution in [3.63, 3.8) is 0 Å². The van der Waals surface area contributed by atoms with Crippen LogP contribution in [-0.2, 0) is 6.67 Å². The van der Waals surface area contributed by atoms with Gasteiger partial charge in [0.05, 0.1) is 26.0 Å². The van der Waals surface area contributed by atoms with Crippen LogP contribution < -0.4 is 15.2 Å². The number of nitrogen functional groups attached to an aromatic ring is 1. The molecular formula is C12H13FN2O3. The highest BCUT2D eigenvalue weighted by molar-refractivity contribution is 5.78. The standard InChI is InChI=1S/C12H13FN2O3/c1-16-10-4-11(17-2)8(3-7(10)5-13)9-6-15-18-12(9)14/h3-4,6H,5,14H2,1-2H3. The molecule has 0 saturated heterocycles. The average Bonchev–Trinajstić information content (AvgIpc) is 2.83. The van der Waals surface area contributed by atoms with Gasteiger partial charge in [-0.3, -0.25) is 0 Å². The van der Waals surface area contributed by atoms with Crippen molar-refractivity contribution in [2.45, 2.75) is 6.67 Å². The molecule has 2 aromatic rings. The van der Waals surface area contributed by atoms with Crippen LogP contribution in [0.25, 0.3) is 11.1 Å². The molecule has 0 atom stereocenters. The van der Waals surface area contributed by atoms with Crippen LogP contribution in [0.1, 0.15) is 5.56 Å². The summed E-state index contributed by atoms with van der Waals surface area (Å²) < 4.78 is 28.1. The highest BCUT2D eigenvalue weighted by Gasteiger charge is 2.16. The summed E-state index contributed by atoms with van der Waals surface area (Å²) in [5.74, 6) is 1.09. The highest BCUT2D eigenvalue weighted by Crippen LogP contribution is 2.38. The lowest BCUT2D eigenvalue weighted by Crippen LogP contribution is -1.96. The molecule has 6 heteroatoms. The van der Waals surface area contributed by atoms with Gasteiger partial charge in [0.2, 0.25) is 5.88 Å². The maximum Gasteiger partial charge on any atom is 0.230 e. The van der Waals surface area contributed by atoms with Crippen LogP contribution in [0.4, 0.5) is 10.3 Å². The van der Waals surface area contributed by atoms with Gasteiger partial charge < -0.3 is 19.7 Å². The van der Waals surface area contributed by atoms with Gasteiger partial charge in [0.15, 0.2) is 0 Å². The molecule has 2 N–H and O–H groups in total. The van der Waals surface area contributed by atoms with E-state index in [0.29, 0.717) is 28.2 Å². The van der Waals surface area contributed by atoms with Crippen molar-refractivity contribution < 1.29 is 18.4 Å².